The highest BCUT2D eigenvalue weighted by molar-refractivity contribution is 6.42. The number of nitrogens with zero attached hydrogens (tertiary/aromatic N) is 3. The molecule has 1 aromatic carbocycles. The van der Waals surface area contributed by atoms with Crippen molar-refractivity contribution in [2.75, 3.05) is 6.54 Å². The van der Waals surface area contributed by atoms with Gasteiger partial charge < -0.3 is 5.32 Å². The number of aryl methyl sites for hydroxylation is 1. The molecule has 22 heavy (non-hydrogen) atoms. The zero-order valence-electron chi connectivity index (χ0n) is 12.5. The van der Waals surface area contributed by atoms with Crippen LogP contribution in [0.15, 0.2) is 30.9 Å². The van der Waals surface area contributed by atoms with E-state index in [1.165, 1.54) is 6.33 Å². The summed E-state index contributed by atoms with van der Waals surface area (Å²) in [6.07, 6.45) is 3.40. The van der Waals surface area contributed by atoms with E-state index in [1.807, 2.05) is 26.0 Å². The molecule has 5 nitrogen and oxygen atoms in total. The second-order valence-corrected chi connectivity index (χ2v) is 6.51. The third-order valence-electron chi connectivity index (χ3n) is 3.46. The van der Waals surface area contributed by atoms with Crippen molar-refractivity contribution in [1.82, 2.24) is 20.1 Å². The maximum Gasteiger partial charge on any atom is 0.221 e. The van der Waals surface area contributed by atoms with Crippen molar-refractivity contribution in [2.45, 2.75) is 32.2 Å². The number of carbonyl (C=O) groups is 1. The Hall–Kier alpha value is -1.59. The fourth-order valence-electron chi connectivity index (χ4n) is 1.99. The van der Waals surface area contributed by atoms with Gasteiger partial charge in [0.2, 0.25) is 5.91 Å². The Labute approximate surface area is 139 Å². The van der Waals surface area contributed by atoms with E-state index in [-0.39, 0.29) is 11.3 Å². The van der Waals surface area contributed by atoms with Gasteiger partial charge in [-0.15, -0.1) is 0 Å². The lowest BCUT2D eigenvalue weighted by Crippen LogP contribution is -2.37. The predicted octanol–water partition coefficient (Wildman–Crippen LogP) is 3.07. The fourth-order valence-corrected chi connectivity index (χ4v) is 2.29. The molecular weight excluding hydrogens is 323 g/mol. The summed E-state index contributed by atoms with van der Waals surface area (Å²) < 4.78 is 1.63. The first kappa shape index (κ1) is 16.8. The maximum absolute atomic E-state index is 11.9. The average molecular weight is 341 g/mol. The van der Waals surface area contributed by atoms with Gasteiger partial charge in [0.1, 0.15) is 12.7 Å². The molecule has 118 valence electrons. The predicted molar refractivity (Wildman–Crippen MR) is 87.1 cm³/mol. The van der Waals surface area contributed by atoms with Crippen LogP contribution in [0.25, 0.3) is 0 Å². The van der Waals surface area contributed by atoms with E-state index < -0.39 is 0 Å². The lowest BCUT2D eigenvalue weighted by atomic mass is 9.84. The van der Waals surface area contributed by atoms with E-state index in [9.17, 15) is 4.79 Å². The van der Waals surface area contributed by atoms with Crippen molar-refractivity contribution in [2.24, 2.45) is 0 Å². The molecule has 1 N–H and O–H groups in total. The molecular formula is C15H18Cl2N4O. The smallest absolute Gasteiger partial charge is 0.221 e. The number of nitrogens with one attached hydrogen (secondary N) is 1. The summed E-state index contributed by atoms with van der Waals surface area (Å²) >= 11 is 12.0. The van der Waals surface area contributed by atoms with Gasteiger partial charge in [0.15, 0.2) is 0 Å². The van der Waals surface area contributed by atoms with Crippen molar-refractivity contribution >= 4 is 29.1 Å². The van der Waals surface area contributed by atoms with Crippen molar-refractivity contribution in [3.05, 3.63) is 46.5 Å². The number of benzene rings is 1. The van der Waals surface area contributed by atoms with Gasteiger partial charge >= 0.3 is 0 Å². The van der Waals surface area contributed by atoms with E-state index in [4.69, 9.17) is 23.2 Å². The SMILES string of the molecule is CC(C)(CNC(=O)CCn1cncn1)c1ccc(Cl)c(Cl)c1. The summed E-state index contributed by atoms with van der Waals surface area (Å²) in [5.74, 6) is -0.0244. The summed E-state index contributed by atoms with van der Waals surface area (Å²) in [4.78, 5) is 15.8. The van der Waals surface area contributed by atoms with Crippen LogP contribution in [0.1, 0.15) is 25.8 Å². The second-order valence-electron chi connectivity index (χ2n) is 5.70. The van der Waals surface area contributed by atoms with Crippen LogP contribution in [0.3, 0.4) is 0 Å². The van der Waals surface area contributed by atoms with E-state index in [0.29, 0.717) is 29.6 Å². The van der Waals surface area contributed by atoms with Crippen LogP contribution in [0.4, 0.5) is 0 Å². The number of carbonyl (C=O) groups excluding carboxylic acids is 1. The third-order valence-corrected chi connectivity index (χ3v) is 4.20. The molecule has 1 heterocycles. The van der Waals surface area contributed by atoms with Crippen LogP contribution in [-0.4, -0.2) is 27.2 Å². The molecule has 0 saturated carbocycles. The van der Waals surface area contributed by atoms with Crippen LogP contribution < -0.4 is 5.32 Å². The maximum atomic E-state index is 11.9. The van der Waals surface area contributed by atoms with Gasteiger partial charge in [-0.25, -0.2) is 4.98 Å². The molecule has 0 unspecified atom stereocenters. The van der Waals surface area contributed by atoms with Gasteiger partial charge in [-0.05, 0) is 17.7 Å². The van der Waals surface area contributed by atoms with E-state index in [2.05, 4.69) is 15.4 Å². The Bertz CT molecular complexity index is 641. The second kappa shape index (κ2) is 7.11. The van der Waals surface area contributed by atoms with Crippen LogP contribution in [0.5, 0.6) is 0 Å². The molecule has 0 fully saturated rings. The standard InChI is InChI=1S/C15H18Cl2N4O/c1-15(2,11-3-4-12(16)13(17)7-11)8-19-14(22)5-6-21-10-18-9-20-21/h3-4,7,9-10H,5-6,8H2,1-2H3,(H,19,22). The molecule has 1 amide bonds. The lowest BCUT2D eigenvalue weighted by molar-refractivity contribution is -0.121. The van der Waals surface area contributed by atoms with Gasteiger partial charge in [-0.2, -0.15) is 5.10 Å². The van der Waals surface area contributed by atoms with Gasteiger partial charge in [0.25, 0.3) is 0 Å². The molecule has 0 radical (unpaired) electrons. The molecule has 2 aromatic rings. The Morgan fingerprint density at radius 3 is 2.73 bits per heavy atom. The number of halogens is 2. The zero-order chi connectivity index (χ0) is 16.2. The highest BCUT2D eigenvalue weighted by atomic mass is 35.5. The highest BCUT2D eigenvalue weighted by Gasteiger charge is 2.22. The van der Waals surface area contributed by atoms with E-state index in [0.717, 1.165) is 5.56 Å². The number of rotatable bonds is 6. The normalized spacial score (nSPS) is 11.5. The van der Waals surface area contributed by atoms with Crippen LogP contribution in [0.2, 0.25) is 10.0 Å². The largest absolute Gasteiger partial charge is 0.355 e. The molecule has 0 saturated heterocycles. The van der Waals surface area contributed by atoms with Crippen molar-refractivity contribution in [3.8, 4) is 0 Å². The fraction of sp³-hybridized carbons (Fsp3) is 0.400. The summed E-state index contributed by atoms with van der Waals surface area (Å²) in [7, 11) is 0. The summed E-state index contributed by atoms with van der Waals surface area (Å²) in [6, 6.07) is 5.54. The minimum Gasteiger partial charge on any atom is -0.355 e. The first-order chi connectivity index (χ1) is 10.4. The summed E-state index contributed by atoms with van der Waals surface area (Å²) in [6.45, 7) is 5.12. The first-order valence-electron chi connectivity index (χ1n) is 6.93. The molecule has 0 aliphatic carbocycles. The Morgan fingerprint density at radius 1 is 1.32 bits per heavy atom. The Kier molecular flexibility index (Phi) is 5.42. The van der Waals surface area contributed by atoms with Crippen molar-refractivity contribution in [3.63, 3.8) is 0 Å². The molecule has 0 atom stereocenters. The van der Waals surface area contributed by atoms with Gasteiger partial charge in [0, 0.05) is 18.4 Å². The van der Waals surface area contributed by atoms with Crippen molar-refractivity contribution in [1.29, 1.82) is 0 Å². The number of hydrogen-bond acceptors (Lipinski definition) is 3. The first-order valence-corrected chi connectivity index (χ1v) is 7.69. The third kappa shape index (κ3) is 4.45. The molecule has 0 bridgehead atoms. The lowest BCUT2D eigenvalue weighted by Gasteiger charge is -2.26. The Morgan fingerprint density at radius 2 is 2.09 bits per heavy atom. The summed E-state index contributed by atoms with van der Waals surface area (Å²) in [5, 5.41) is 7.95. The topological polar surface area (TPSA) is 59.8 Å². The van der Waals surface area contributed by atoms with Crippen LogP contribution >= 0.6 is 23.2 Å². The number of hydrogen-bond donors (Lipinski definition) is 1. The van der Waals surface area contributed by atoms with Gasteiger partial charge in [-0.1, -0.05) is 43.1 Å². The number of amides is 1. The number of aromatic nitrogens is 3. The minimum atomic E-state index is -0.239. The molecule has 0 spiro atoms. The molecule has 7 heteroatoms. The minimum absolute atomic E-state index is 0.0244. The van der Waals surface area contributed by atoms with Gasteiger partial charge in [0.05, 0.1) is 16.6 Å². The van der Waals surface area contributed by atoms with Crippen LogP contribution in [-0.2, 0) is 16.8 Å². The van der Waals surface area contributed by atoms with E-state index >= 15 is 0 Å². The van der Waals surface area contributed by atoms with E-state index in [1.54, 1.807) is 17.1 Å². The quantitative estimate of drug-likeness (QED) is 0.878. The molecule has 2 rings (SSSR count). The zero-order valence-corrected chi connectivity index (χ0v) is 14.0. The van der Waals surface area contributed by atoms with Crippen molar-refractivity contribution < 1.29 is 4.79 Å². The van der Waals surface area contributed by atoms with Crippen LogP contribution in [0, 0.1) is 0 Å². The van der Waals surface area contributed by atoms with Gasteiger partial charge in [-0.3, -0.25) is 9.48 Å². The molecule has 0 aliphatic heterocycles. The molecule has 0 aliphatic rings. The summed E-state index contributed by atoms with van der Waals surface area (Å²) in [5.41, 5.74) is 0.787. The molecule has 1 aromatic heterocycles. The highest BCUT2D eigenvalue weighted by Crippen LogP contribution is 2.29. The Balaban J connectivity index is 1.88. The average Bonchev–Trinajstić information content (AvgIpc) is 2.99. The monoisotopic (exact) mass is 340 g/mol.